The summed E-state index contributed by atoms with van der Waals surface area (Å²) in [5.41, 5.74) is 0. The Hall–Kier alpha value is -4.77. The molecule has 4 heterocycles. The van der Waals surface area contributed by atoms with E-state index >= 15 is 0 Å². The molecule has 0 amide bonds. The Morgan fingerprint density at radius 3 is 0.765 bits per heavy atom. The normalized spacial score (nSPS) is 23.0. The van der Waals surface area contributed by atoms with E-state index < -0.39 is 122 Å². The van der Waals surface area contributed by atoms with Crippen LogP contribution in [-0.4, -0.2) is 225 Å². The monoisotopic (exact) mass is 2260 g/mol. The van der Waals surface area contributed by atoms with Gasteiger partial charge in [-0.1, -0.05) is 346 Å². The Labute approximate surface area is 827 Å². The first-order valence-corrected chi connectivity index (χ1v) is 68.9. The Bertz CT molecular complexity index is 4600. The minimum Gasteiger partial charge on any atom is -0.462 e. The van der Waals surface area contributed by atoms with Gasteiger partial charge in [-0.2, -0.15) is 0 Å². The summed E-state index contributed by atoms with van der Waals surface area (Å²) in [7, 11) is -47.6. The van der Waals surface area contributed by atoms with Crippen molar-refractivity contribution in [2.24, 2.45) is 0 Å². The number of carbonyl (C=O) groups excluding carboxylic acids is 4. The van der Waals surface area contributed by atoms with Crippen LogP contribution in [0.5, 0.6) is 0 Å². The summed E-state index contributed by atoms with van der Waals surface area (Å²) in [4.78, 5) is 47.8. The van der Waals surface area contributed by atoms with Gasteiger partial charge in [0.1, 0.15) is 63.3 Å². The first kappa shape index (κ1) is 111. The van der Waals surface area contributed by atoms with E-state index in [0.29, 0.717) is 106 Å². The van der Waals surface area contributed by atoms with E-state index in [9.17, 15) is 19.2 Å². The molecule has 0 saturated carbocycles. The predicted octanol–water partition coefficient (Wildman–Crippen LogP) is 12.2. The van der Waals surface area contributed by atoms with Crippen molar-refractivity contribution in [3.63, 3.8) is 0 Å². The van der Waals surface area contributed by atoms with Crippen LogP contribution in [0.3, 0.4) is 0 Å². The van der Waals surface area contributed by atoms with Crippen LogP contribution in [0.2, 0.25) is 32.2 Å². The average molecular weight is 2270 g/mol. The fourth-order valence-corrected chi connectivity index (χ4v) is 65.1. The maximum absolute atomic E-state index is 12.7. The molecule has 4 atom stereocenters. The van der Waals surface area contributed by atoms with E-state index in [1.807, 2.05) is 256 Å². The lowest BCUT2D eigenvalue weighted by Gasteiger charge is -2.57. The molecule has 4 aliphatic rings. The molecular formula is C91H128Br4O26Si11. The number of carbonyl (C=O) groups is 4. The zero-order chi connectivity index (χ0) is 95.5. The van der Waals surface area contributed by atoms with Gasteiger partial charge in [0.25, 0.3) is 0 Å². The van der Waals surface area contributed by atoms with Gasteiger partial charge in [-0.25, -0.2) is 0 Å². The zero-order valence-corrected chi connectivity index (χ0v) is 96.2. The number of hydrogen-bond acceptors (Lipinski definition) is 26. The van der Waals surface area contributed by atoms with Crippen LogP contribution in [0.15, 0.2) is 243 Å². The number of halogens is 4. The highest BCUT2D eigenvalue weighted by Gasteiger charge is 2.80. The standard InChI is InChI=1S/C71H90Br2O20Si11.2C10H19BrO3/c1-70(2,72)68(74)78-57-55-76-52-33-34-54-80-97(60-36-17-9-18-37-60)84-101(64-44-25-13-26-45-64)86-98(81-94-5,61-38-19-10-20-39-61)87-102(85-97,65-46-27-14-28-47-65)93-104(67-50-31-16-32-51-67)89-99(82-95-6,62-40-21-11-22-41-62)88-103(92-101,66-48-29-15-30-49-66)90-100(91-104,63-42-23-12-24-43-63)83-96(7,8)59-35-53-77-56-58-79-69(75)71(3,4)73;2*1-4-5-6-13-7-8-14-9(12)10(2,3)11/h9-32,36-51H,33-35,52-59,94-95H2,1-8H3;2*4-8H2,1-3H3. The second-order valence-electron chi connectivity index (χ2n) is 33.4. The summed E-state index contributed by atoms with van der Waals surface area (Å²) >= 11 is 13.2. The summed E-state index contributed by atoms with van der Waals surface area (Å²) < 4.78 is 159. The van der Waals surface area contributed by atoms with Gasteiger partial charge >= 0.3 is 94.3 Å². The molecule has 0 radical (unpaired) electrons. The number of esters is 4. The first-order chi connectivity index (χ1) is 63.0. The third kappa shape index (κ3) is 32.1. The second kappa shape index (κ2) is 52.5. The summed E-state index contributed by atoms with van der Waals surface area (Å²) in [6, 6.07) is 77.4. The van der Waals surface area contributed by atoms with Crippen molar-refractivity contribution in [1.82, 2.24) is 0 Å². The molecule has 132 heavy (non-hydrogen) atoms. The molecule has 4 unspecified atom stereocenters. The Morgan fingerprint density at radius 1 is 0.288 bits per heavy atom. The van der Waals surface area contributed by atoms with Crippen LogP contribution in [0.25, 0.3) is 0 Å². The van der Waals surface area contributed by atoms with Crippen LogP contribution in [0, 0.1) is 0 Å². The van der Waals surface area contributed by atoms with Crippen molar-refractivity contribution >= 4 is 227 Å². The first-order valence-electron chi connectivity index (χ1n) is 44.8. The molecule has 0 N–H and O–H groups in total. The fourth-order valence-electron chi connectivity index (χ4n) is 13.2. The smallest absolute Gasteiger partial charge is 0.462 e. The fraction of sp³-hybridized carbons (Fsp3) is 0.429. The molecule has 720 valence electrons. The third-order valence-electron chi connectivity index (χ3n) is 19.9. The minimum atomic E-state index is -5.36. The lowest BCUT2D eigenvalue weighted by Crippen LogP contribution is -2.90. The van der Waals surface area contributed by atoms with Crippen molar-refractivity contribution in [2.75, 3.05) is 85.9 Å². The summed E-state index contributed by atoms with van der Waals surface area (Å²) in [5, 5.41) is 3.93. The van der Waals surface area contributed by atoms with Crippen molar-refractivity contribution in [3.8, 4) is 0 Å². The van der Waals surface area contributed by atoms with Gasteiger partial charge in [0, 0.05) is 74.5 Å². The number of fused-ring (bicyclic) bond motifs is 4. The van der Waals surface area contributed by atoms with Gasteiger partial charge in [-0.3, -0.25) is 19.2 Å². The Balaban J connectivity index is 0.000000601. The summed E-state index contributed by atoms with van der Waals surface area (Å²) in [5.74, 6) is -1.29. The predicted molar refractivity (Wildman–Crippen MR) is 549 cm³/mol. The van der Waals surface area contributed by atoms with Crippen molar-refractivity contribution < 1.29 is 115 Å². The lowest BCUT2D eigenvalue weighted by atomic mass is 10.2. The molecule has 4 bridgehead atoms. The molecule has 0 aromatic heterocycles. The molecule has 26 nitrogen and oxygen atoms in total. The number of ether oxygens (including phenoxy) is 8. The maximum atomic E-state index is 12.7. The zero-order valence-electron chi connectivity index (χ0n) is 78.0. The van der Waals surface area contributed by atoms with Gasteiger partial charge in [0.15, 0.2) is 8.32 Å². The SMILES string of the molecule is CCCCOCCOC(=O)C(C)(C)Br.CCCCOCCOC(=O)C(C)(C)Br.C[SiH2]O[Si]1(c2ccccc2)O[Si]2(c3ccccc3)O[Si](OCCCCOCCOC(=O)C(C)(C)Br)(c3ccccc3)O[Si](c3ccccc3)(O1)O[Si]1(c3ccccc3)O[Si](O[SiH2]C)(c3ccccc3)O[Si](c3ccccc3)(O[Si](O[Si](C)(C)CCCOCCOC(=O)C(C)(C)Br)(c3ccccc3)O1)O2. The average Bonchev–Trinajstić information content (AvgIpc) is 0.686. The maximum Gasteiger partial charge on any atom is 0.522 e. The van der Waals surface area contributed by atoms with Crippen LogP contribution in [0.4, 0.5) is 0 Å². The summed E-state index contributed by atoms with van der Waals surface area (Å²) in [6.07, 6.45) is 5.81. The Kier molecular flexibility index (Phi) is 44.1. The van der Waals surface area contributed by atoms with Crippen molar-refractivity contribution in [2.45, 2.75) is 164 Å². The second-order valence-corrected chi connectivity index (χ2v) is 71.6. The van der Waals surface area contributed by atoms with Crippen molar-refractivity contribution in [3.05, 3.63) is 243 Å². The molecule has 8 aromatic rings. The van der Waals surface area contributed by atoms with Gasteiger partial charge in [0.2, 0.25) is 0 Å². The van der Waals surface area contributed by atoms with E-state index in [4.69, 9.17) is 95.8 Å². The highest BCUT2D eigenvalue weighted by Crippen LogP contribution is 2.44. The molecule has 4 aliphatic heterocycles. The summed E-state index contributed by atoms with van der Waals surface area (Å²) in [6.45, 7) is 30.8. The number of unbranched alkanes of at least 4 members (excludes halogenated alkanes) is 3. The molecule has 0 aliphatic carbocycles. The van der Waals surface area contributed by atoms with Gasteiger partial charge in [-0.15, -0.1) is 0 Å². The van der Waals surface area contributed by atoms with E-state index in [-0.39, 0.29) is 50.9 Å². The molecule has 41 heteroatoms. The van der Waals surface area contributed by atoms with Crippen molar-refractivity contribution in [1.29, 1.82) is 0 Å². The van der Waals surface area contributed by atoms with Gasteiger partial charge in [-0.05, 0) is 107 Å². The number of alkyl halides is 4. The highest BCUT2D eigenvalue weighted by atomic mass is 79.9. The van der Waals surface area contributed by atoms with Gasteiger partial charge in [0.05, 0.1) is 26.4 Å². The quantitative estimate of drug-likeness (QED) is 0.0113. The molecule has 0 spiro atoms. The third-order valence-corrected chi connectivity index (χ3v) is 61.8. The topological polar surface area (TPSA) is 271 Å². The molecule has 12 rings (SSSR count). The molecular weight excluding hydrogens is 2140 g/mol. The number of hydrogen-bond donors (Lipinski definition) is 0. The minimum absolute atomic E-state index is 0.0302. The van der Waals surface area contributed by atoms with E-state index in [1.165, 1.54) is 0 Å². The van der Waals surface area contributed by atoms with Crippen LogP contribution in [0.1, 0.15) is 114 Å². The Morgan fingerprint density at radius 2 is 0.508 bits per heavy atom. The number of rotatable bonds is 46. The van der Waals surface area contributed by atoms with E-state index in [2.05, 4.69) is 90.7 Å². The van der Waals surface area contributed by atoms with Gasteiger partial charge < -0.3 is 95.8 Å². The highest BCUT2D eigenvalue weighted by molar-refractivity contribution is 9.10. The van der Waals surface area contributed by atoms with E-state index in [0.717, 1.165) is 38.9 Å². The van der Waals surface area contributed by atoms with Crippen LogP contribution < -0.4 is 41.5 Å². The lowest BCUT2D eigenvalue weighted by molar-refractivity contribution is -0.147. The van der Waals surface area contributed by atoms with Crippen LogP contribution in [-0.2, 0) is 115 Å². The number of benzene rings is 8. The largest absolute Gasteiger partial charge is 0.522 e. The van der Waals surface area contributed by atoms with E-state index in [1.54, 1.807) is 55.4 Å². The molecule has 8 aromatic carbocycles. The van der Waals surface area contributed by atoms with Crippen LogP contribution >= 0.6 is 63.7 Å². The molecule has 4 saturated heterocycles. The molecule has 4 fully saturated rings.